The Morgan fingerprint density at radius 3 is 2.54 bits per heavy atom. The molecule has 1 aromatic rings. The predicted molar refractivity (Wildman–Crippen MR) is 103 cm³/mol. The average molecular weight is 341 g/mol. The van der Waals surface area contributed by atoms with Gasteiger partial charge >= 0.3 is 0 Å². The smallest absolute Gasteiger partial charge is 0.0532 e. The minimum atomic E-state index is 0.883. The standard InChI is InChI=1S/C9H18O.C8H16N4.C2H6/c1-2-10-8-9-6-4-3-5-7-9;1-9-3-4-12(2)7-8-5-10-11-6-8;1-2/h9H,2-8H2,1H3;5-6,9H,3-4,7H2,1-2H3,(H,10,11);1-2H3. The van der Waals surface area contributed by atoms with Crippen LogP contribution >= 0.6 is 0 Å². The number of hydrogen-bond acceptors (Lipinski definition) is 4. The maximum absolute atomic E-state index is 5.37. The molecule has 1 saturated carbocycles. The summed E-state index contributed by atoms with van der Waals surface area (Å²) in [4.78, 5) is 2.25. The van der Waals surface area contributed by atoms with Gasteiger partial charge in [-0.25, -0.2) is 0 Å². The van der Waals surface area contributed by atoms with Gasteiger partial charge in [-0.1, -0.05) is 33.1 Å². The van der Waals surface area contributed by atoms with Crippen molar-refractivity contribution in [1.29, 1.82) is 0 Å². The van der Waals surface area contributed by atoms with Gasteiger partial charge in [-0.15, -0.1) is 0 Å². The molecule has 0 bridgehead atoms. The highest BCUT2D eigenvalue weighted by molar-refractivity contribution is 5.01. The first-order valence-electron chi connectivity index (χ1n) is 9.64. The molecule has 2 N–H and O–H groups in total. The van der Waals surface area contributed by atoms with Crippen molar-refractivity contribution >= 4 is 0 Å². The molecule has 1 fully saturated rings. The predicted octanol–water partition coefficient (Wildman–Crippen LogP) is 3.69. The summed E-state index contributed by atoms with van der Waals surface area (Å²) in [5, 5.41) is 9.80. The monoisotopic (exact) mass is 340 g/mol. The lowest BCUT2D eigenvalue weighted by Crippen LogP contribution is -2.26. The van der Waals surface area contributed by atoms with Crippen LogP contribution in [0.5, 0.6) is 0 Å². The molecule has 0 unspecified atom stereocenters. The zero-order valence-corrected chi connectivity index (χ0v) is 16.6. The Hall–Kier alpha value is -0.910. The van der Waals surface area contributed by atoms with Crippen molar-refractivity contribution in [3.8, 4) is 0 Å². The van der Waals surface area contributed by atoms with E-state index in [1.54, 1.807) is 0 Å². The van der Waals surface area contributed by atoms with Crippen LogP contribution in [0.3, 0.4) is 0 Å². The van der Waals surface area contributed by atoms with Crippen LogP contribution in [0.15, 0.2) is 12.4 Å². The minimum absolute atomic E-state index is 0.883. The highest BCUT2D eigenvalue weighted by atomic mass is 16.5. The Bertz CT molecular complexity index is 337. The summed E-state index contributed by atoms with van der Waals surface area (Å²) in [6, 6.07) is 0. The Labute approximate surface area is 149 Å². The number of aromatic amines is 1. The lowest BCUT2D eigenvalue weighted by atomic mass is 9.90. The molecule has 0 amide bonds. The van der Waals surface area contributed by atoms with E-state index in [9.17, 15) is 0 Å². The van der Waals surface area contributed by atoms with Gasteiger partial charge in [-0.05, 0) is 39.8 Å². The van der Waals surface area contributed by atoms with Crippen molar-refractivity contribution < 1.29 is 4.74 Å². The van der Waals surface area contributed by atoms with Crippen molar-refractivity contribution in [3.05, 3.63) is 18.0 Å². The Kier molecular flexibility index (Phi) is 16.3. The van der Waals surface area contributed by atoms with Gasteiger partial charge in [0.2, 0.25) is 0 Å². The molecule has 0 saturated heterocycles. The molecular weight excluding hydrogens is 300 g/mol. The fourth-order valence-electron chi connectivity index (χ4n) is 2.70. The number of rotatable bonds is 8. The third-order valence-electron chi connectivity index (χ3n) is 4.03. The van der Waals surface area contributed by atoms with Crippen molar-refractivity contribution in [2.45, 2.75) is 59.4 Å². The highest BCUT2D eigenvalue weighted by Crippen LogP contribution is 2.23. The highest BCUT2D eigenvalue weighted by Gasteiger charge is 2.12. The summed E-state index contributed by atoms with van der Waals surface area (Å²) < 4.78 is 5.37. The molecule has 5 heteroatoms. The van der Waals surface area contributed by atoms with E-state index in [1.165, 1.54) is 37.7 Å². The quantitative estimate of drug-likeness (QED) is 0.758. The SMILES string of the molecule is CC.CCOCC1CCCCC1.CNCCN(C)Cc1cn[nH]c1. The maximum atomic E-state index is 5.37. The first kappa shape index (κ1) is 23.1. The van der Waals surface area contributed by atoms with E-state index in [0.717, 1.165) is 38.8 Å². The molecule has 24 heavy (non-hydrogen) atoms. The minimum Gasteiger partial charge on any atom is -0.381 e. The third kappa shape index (κ3) is 12.5. The van der Waals surface area contributed by atoms with Gasteiger partial charge in [0.05, 0.1) is 6.20 Å². The Balaban J connectivity index is 0.000000405. The van der Waals surface area contributed by atoms with Crippen molar-refractivity contribution in [2.75, 3.05) is 40.4 Å². The average Bonchev–Trinajstić information content (AvgIpc) is 3.14. The second kappa shape index (κ2) is 16.9. The van der Waals surface area contributed by atoms with E-state index in [0.29, 0.717) is 0 Å². The van der Waals surface area contributed by atoms with Crippen LogP contribution in [0.1, 0.15) is 58.4 Å². The fraction of sp³-hybridized carbons (Fsp3) is 0.842. The number of hydrogen-bond donors (Lipinski definition) is 2. The summed E-state index contributed by atoms with van der Waals surface area (Å²) in [7, 11) is 4.07. The molecule has 0 spiro atoms. The fourth-order valence-corrected chi connectivity index (χ4v) is 2.70. The second-order valence-corrected chi connectivity index (χ2v) is 6.11. The van der Waals surface area contributed by atoms with E-state index in [1.807, 2.05) is 33.3 Å². The van der Waals surface area contributed by atoms with Gasteiger partial charge < -0.3 is 15.0 Å². The number of nitrogens with one attached hydrogen (secondary N) is 2. The van der Waals surface area contributed by atoms with Gasteiger partial charge in [0, 0.05) is 44.6 Å². The van der Waals surface area contributed by atoms with Crippen molar-refractivity contribution in [3.63, 3.8) is 0 Å². The summed E-state index contributed by atoms with van der Waals surface area (Å²) in [6.07, 6.45) is 10.9. The molecule has 2 rings (SSSR count). The normalized spacial score (nSPS) is 14.6. The largest absolute Gasteiger partial charge is 0.381 e. The molecule has 1 aromatic heterocycles. The van der Waals surface area contributed by atoms with Crippen LogP contribution in [0, 0.1) is 5.92 Å². The molecule has 0 aromatic carbocycles. The number of aromatic nitrogens is 2. The van der Waals surface area contributed by atoms with E-state index in [-0.39, 0.29) is 0 Å². The second-order valence-electron chi connectivity index (χ2n) is 6.11. The molecule has 0 radical (unpaired) electrons. The zero-order chi connectivity index (χ0) is 18.0. The number of likely N-dealkylation sites (N-methyl/N-ethyl adjacent to an activating group) is 2. The van der Waals surface area contributed by atoms with Crippen LogP contribution in [0.4, 0.5) is 0 Å². The molecule has 0 atom stereocenters. The summed E-state index contributed by atoms with van der Waals surface area (Å²) in [6.45, 7) is 11.0. The van der Waals surface area contributed by atoms with Gasteiger partial charge in [-0.2, -0.15) is 5.10 Å². The van der Waals surface area contributed by atoms with Gasteiger partial charge in [-0.3, -0.25) is 5.10 Å². The number of ether oxygens (including phenoxy) is 1. The zero-order valence-electron chi connectivity index (χ0n) is 16.6. The Morgan fingerprint density at radius 2 is 2.00 bits per heavy atom. The molecular formula is C19H40N4O. The molecule has 5 nitrogen and oxygen atoms in total. The lowest BCUT2D eigenvalue weighted by Gasteiger charge is -2.20. The van der Waals surface area contributed by atoms with Crippen molar-refractivity contribution in [2.24, 2.45) is 5.92 Å². The van der Waals surface area contributed by atoms with Crippen LogP contribution < -0.4 is 5.32 Å². The van der Waals surface area contributed by atoms with E-state index in [2.05, 4.69) is 34.4 Å². The lowest BCUT2D eigenvalue weighted by molar-refractivity contribution is 0.0949. The first-order valence-corrected chi connectivity index (χ1v) is 9.64. The maximum Gasteiger partial charge on any atom is 0.0532 e. The van der Waals surface area contributed by atoms with Crippen LogP contribution in [-0.4, -0.2) is 55.5 Å². The van der Waals surface area contributed by atoms with Crippen LogP contribution in [0.25, 0.3) is 0 Å². The first-order chi connectivity index (χ1) is 11.8. The van der Waals surface area contributed by atoms with Crippen LogP contribution in [0.2, 0.25) is 0 Å². The topological polar surface area (TPSA) is 53.2 Å². The van der Waals surface area contributed by atoms with Crippen LogP contribution in [-0.2, 0) is 11.3 Å². The summed E-state index contributed by atoms with van der Waals surface area (Å²) in [5.74, 6) is 0.883. The third-order valence-corrected chi connectivity index (χ3v) is 4.03. The summed E-state index contributed by atoms with van der Waals surface area (Å²) >= 11 is 0. The molecule has 0 aliphatic heterocycles. The van der Waals surface area contributed by atoms with Gasteiger partial charge in [0.1, 0.15) is 0 Å². The van der Waals surface area contributed by atoms with Gasteiger partial charge in [0.25, 0.3) is 0 Å². The number of nitrogens with zero attached hydrogens (tertiary/aromatic N) is 2. The molecule has 1 aliphatic carbocycles. The molecule has 1 aliphatic rings. The van der Waals surface area contributed by atoms with Gasteiger partial charge in [0.15, 0.2) is 0 Å². The summed E-state index contributed by atoms with van der Waals surface area (Å²) in [5.41, 5.74) is 1.23. The van der Waals surface area contributed by atoms with Crippen molar-refractivity contribution in [1.82, 2.24) is 20.4 Å². The molecule has 142 valence electrons. The van der Waals surface area contributed by atoms with E-state index >= 15 is 0 Å². The molecule has 1 heterocycles. The van der Waals surface area contributed by atoms with E-state index in [4.69, 9.17) is 4.74 Å². The number of H-pyrrole nitrogens is 1. The Morgan fingerprint density at radius 1 is 1.29 bits per heavy atom. The van der Waals surface area contributed by atoms with E-state index < -0.39 is 0 Å².